The molecule has 0 amide bonds. The minimum atomic E-state index is -2.95. The molecule has 0 radical (unpaired) electrons. The van der Waals surface area contributed by atoms with E-state index in [0.717, 1.165) is 12.7 Å². The van der Waals surface area contributed by atoms with Gasteiger partial charge in [-0.05, 0) is 12.8 Å². The van der Waals surface area contributed by atoms with E-state index in [-0.39, 0.29) is 23.8 Å². The van der Waals surface area contributed by atoms with Crippen molar-refractivity contribution in [3.05, 3.63) is 17.8 Å². The molecular weight excluding hydrogens is 230 g/mol. The van der Waals surface area contributed by atoms with Crippen LogP contribution < -0.4 is 0 Å². The van der Waals surface area contributed by atoms with Gasteiger partial charge >= 0.3 is 0 Å². The van der Waals surface area contributed by atoms with Crippen molar-refractivity contribution in [1.29, 1.82) is 0 Å². The maximum atomic E-state index is 11.4. The summed E-state index contributed by atoms with van der Waals surface area (Å²) in [4.78, 5) is 14.4. The molecule has 6 heteroatoms. The van der Waals surface area contributed by atoms with Gasteiger partial charge in [-0.3, -0.25) is 0 Å². The molecule has 0 N–H and O–H groups in total. The maximum Gasteiger partial charge on any atom is 0.198 e. The highest BCUT2D eigenvalue weighted by Crippen LogP contribution is 2.27. The molecule has 2 rings (SSSR count). The molecule has 0 aromatic carbocycles. The standard InChI is InChI=1S/C10H13NO4S/c12-4-3-9-6-15-10(11-9)8-2-1-5-16(13,14)7-8/h4,6,8H,1-3,5,7H2. The number of carbonyl (C=O) groups excluding carboxylic acids is 1. The van der Waals surface area contributed by atoms with Crippen molar-refractivity contribution in [2.45, 2.75) is 25.2 Å². The Bertz CT molecular complexity index is 477. The summed E-state index contributed by atoms with van der Waals surface area (Å²) in [6.07, 6.45) is 3.81. The van der Waals surface area contributed by atoms with Gasteiger partial charge in [0.2, 0.25) is 0 Å². The van der Waals surface area contributed by atoms with E-state index >= 15 is 0 Å². The van der Waals surface area contributed by atoms with Crippen LogP contribution in [0.1, 0.15) is 30.3 Å². The van der Waals surface area contributed by atoms with Crippen molar-refractivity contribution in [1.82, 2.24) is 4.98 Å². The summed E-state index contributed by atoms with van der Waals surface area (Å²) in [5.41, 5.74) is 0.563. The predicted molar refractivity (Wildman–Crippen MR) is 56.9 cm³/mol. The first-order valence-electron chi connectivity index (χ1n) is 5.19. The van der Waals surface area contributed by atoms with Gasteiger partial charge in [0.1, 0.15) is 12.5 Å². The smallest absolute Gasteiger partial charge is 0.198 e. The second-order valence-electron chi connectivity index (χ2n) is 4.00. The number of sulfone groups is 1. The van der Waals surface area contributed by atoms with Gasteiger partial charge in [0, 0.05) is 12.3 Å². The monoisotopic (exact) mass is 243 g/mol. The molecule has 1 saturated heterocycles. The summed E-state index contributed by atoms with van der Waals surface area (Å²) in [6.45, 7) is 0. The lowest BCUT2D eigenvalue weighted by atomic mass is 10.1. The first kappa shape index (κ1) is 11.3. The van der Waals surface area contributed by atoms with Crippen LogP contribution in [0.15, 0.2) is 10.7 Å². The van der Waals surface area contributed by atoms with Gasteiger partial charge in [-0.25, -0.2) is 13.4 Å². The third-order valence-electron chi connectivity index (χ3n) is 2.67. The second kappa shape index (κ2) is 4.37. The highest BCUT2D eigenvalue weighted by Gasteiger charge is 2.29. The van der Waals surface area contributed by atoms with Crippen molar-refractivity contribution in [2.75, 3.05) is 11.5 Å². The van der Waals surface area contributed by atoms with Crippen LogP contribution in [-0.4, -0.2) is 31.2 Å². The summed E-state index contributed by atoms with van der Waals surface area (Å²) in [5.74, 6) is 0.652. The highest BCUT2D eigenvalue weighted by molar-refractivity contribution is 7.91. The van der Waals surface area contributed by atoms with Crippen molar-refractivity contribution in [3.8, 4) is 0 Å². The predicted octanol–water partition coefficient (Wildman–Crippen LogP) is 0.708. The van der Waals surface area contributed by atoms with Crippen molar-refractivity contribution < 1.29 is 17.6 Å². The largest absolute Gasteiger partial charge is 0.448 e. The number of carbonyl (C=O) groups is 1. The van der Waals surface area contributed by atoms with Crippen LogP contribution in [0.25, 0.3) is 0 Å². The summed E-state index contributed by atoms with van der Waals surface area (Å²) in [6, 6.07) is 0. The van der Waals surface area contributed by atoms with Crippen molar-refractivity contribution in [3.63, 3.8) is 0 Å². The Kier molecular flexibility index (Phi) is 3.09. The normalized spacial score (nSPS) is 24.1. The van der Waals surface area contributed by atoms with Crippen molar-refractivity contribution >= 4 is 16.1 Å². The topological polar surface area (TPSA) is 77.2 Å². The molecule has 1 atom stereocenters. The lowest BCUT2D eigenvalue weighted by Crippen LogP contribution is -2.23. The average molecular weight is 243 g/mol. The van der Waals surface area contributed by atoms with E-state index < -0.39 is 9.84 Å². The lowest BCUT2D eigenvalue weighted by Gasteiger charge is -2.18. The number of aldehydes is 1. The molecule has 5 nitrogen and oxygen atoms in total. The molecule has 2 heterocycles. The van der Waals surface area contributed by atoms with E-state index in [9.17, 15) is 13.2 Å². The fourth-order valence-corrected chi connectivity index (χ4v) is 3.60. The number of oxazole rings is 1. The summed E-state index contributed by atoms with van der Waals surface area (Å²) in [7, 11) is -2.95. The van der Waals surface area contributed by atoms with Gasteiger partial charge in [-0.2, -0.15) is 0 Å². The van der Waals surface area contributed by atoms with Gasteiger partial charge < -0.3 is 9.21 Å². The fraction of sp³-hybridized carbons (Fsp3) is 0.600. The SMILES string of the molecule is O=CCc1coc(C2CCCS(=O)(=O)C2)n1. The first-order chi connectivity index (χ1) is 7.61. The maximum absolute atomic E-state index is 11.4. The zero-order valence-corrected chi connectivity index (χ0v) is 9.57. The molecule has 88 valence electrons. The molecule has 0 saturated carbocycles. The fourth-order valence-electron chi connectivity index (χ4n) is 1.91. The third-order valence-corrected chi connectivity index (χ3v) is 4.50. The molecule has 1 aromatic heterocycles. The minimum absolute atomic E-state index is 0.105. The lowest BCUT2D eigenvalue weighted by molar-refractivity contribution is -0.107. The third kappa shape index (κ3) is 2.49. The van der Waals surface area contributed by atoms with Gasteiger partial charge in [-0.15, -0.1) is 0 Å². The number of aromatic nitrogens is 1. The van der Waals surface area contributed by atoms with Crippen LogP contribution in [0.3, 0.4) is 0 Å². The number of hydrogen-bond acceptors (Lipinski definition) is 5. The number of hydrogen-bond donors (Lipinski definition) is 0. The zero-order chi connectivity index (χ0) is 11.6. The molecule has 1 aromatic rings. The van der Waals surface area contributed by atoms with E-state index in [1.807, 2.05) is 0 Å². The molecule has 0 aliphatic carbocycles. The molecule has 1 aliphatic rings. The van der Waals surface area contributed by atoms with Gasteiger partial charge in [0.05, 0.1) is 17.2 Å². The summed E-state index contributed by atoms with van der Waals surface area (Å²) in [5, 5.41) is 0. The highest BCUT2D eigenvalue weighted by atomic mass is 32.2. The van der Waals surface area contributed by atoms with Crippen molar-refractivity contribution in [2.24, 2.45) is 0 Å². The van der Waals surface area contributed by atoms with E-state index in [4.69, 9.17) is 4.42 Å². The molecule has 1 unspecified atom stereocenters. The first-order valence-corrected chi connectivity index (χ1v) is 7.01. The van der Waals surface area contributed by atoms with Crippen LogP contribution in [0.5, 0.6) is 0 Å². The molecule has 0 bridgehead atoms. The van der Waals surface area contributed by atoms with Crippen LogP contribution in [-0.2, 0) is 21.1 Å². The van der Waals surface area contributed by atoms with Gasteiger partial charge in [0.15, 0.2) is 15.7 Å². The summed E-state index contributed by atoms with van der Waals surface area (Å²) < 4.78 is 28.1. The Balaban J connectivity index is 2.14. The van der Waals surface area contributed by atoms with E-state index in [1.165, 1.54) is 6.26 Å². The van der Waals surface area contributed by atoms with Gasteiger partial charge in [0.25, 0.3) is 0 Å². The van der Waals surface area contributed by atoms with E-state index in [0.29, 0.717) is 18.0 Å². The Morgan fingerprint density at radius 1 is 1.56 bits per heavy atom. The Morgan fingerprint density at radius 2 is 2.38 bits per heavy atom. The Labute approximate surface area is 93.8 Å². The quantitative estimate of drug-likeness (QED) is 0.730. The van der Waals surface area contributed by atoms with Crippen LogP contribution in [0.2, 0.25) is 0 Å². The van der Waals surface area contributed by atoms with E-state index in [1.54, 1.807) is 0 Å². The molecule has 1 fully saturated rings. The van der Waals surface area contributed by atoms with Crippen LogP contribution in [0.4, 0.5) is 0 Å². The summed E-state index contributed by atoms with van der Waals surface area (Å²) >= 11 is 0. The second-order valence-corrected chi connectivity index (χ2v) is 6.23. The Morgan fingerprint density at radius 3 is 3.06 bits per heavy atom. The van der Waals surface area contributed by atoms with E-state index in [2.05, 4.69) is 4.98 Å². The minimum Gasteiger partial charge on any atom is -0.448 e. The Hall–Kier alpha value is -1.17. The molecule has 0 spiro atoms. The van der Waals surface area contributed by atoms with Crippen LogP contribution >= 0.6 is 0 Å². The number of nitrogens with zero attached hydrogens (tertiary/aromatic N) is 1. The van der Waals surface area contributed by atoms with Gasteiger partial charge in [-0.1, -0.05) is 0 Å². The molecule has 16 heavy (non-hydrogen) atoms. The molecular formula is C10H13NO4S. The average Bonchev–Trinajstić information content (AvgIpc) is 2.65. The van der Waals surface area contributed by atoms with Crippen LogP contribution in [0, 0.1) is 0 Å². The number of rotatable bonds is 3. The zero-order valence-electron chi connectivity index (χ0n) is 8.76. The molecule has 1 aliphatic heterocycles.